The summed E-state index contributed by atoms with van der Waals surface area (Å²) < 4.78 is 26.9. The molecule has 2 rings (SSSR count). The van der Waals surface area contributed by atoms with Crippen molar-refractivity contribution in [2.45, 2.75) is 4.90 Å². The van der Waals surface area contributed by atoms with Gasteiger partial charge in [-0.15, -0.1) is 0 Å². The van der Waals surface area contributed by atoms with Crippen LogP contribution in [0.3, 0.4) is 0 Å². The van der Waals surface area contributed by atoms with Gasteiger partial charge in [0.05, 0.1) is 4.92 Å². The molecule has 2 N–H and O–H groups in total. The van der Waals surface area contributed by atoms with E-state index in [1.54, 1.807) is 6.07 Å². The zero-order chi connectivity index (χ0) is 15.6. The lowest BCUT2D eigenvalue weighted by Crippen LogP contribution is -2.14. The molecule has 0 aliphatic carbocycles. The molecule has 0 aromatic heterocycles. The van der Waals surface area contributed by atoms with E-state index >= 15 is 0 Å². The van der Waals surface area contributed by atoms with Crippen molar-refractivity contribution in [2.75, 3.05) is 4.72 Å². The molecule has 110 valence electrons. The fourth-order valence-corrected chi connectivity index (χ4v) is 3.73. The number of para-hydroxylation sites is 1. The van der Waals surface area contributed by atoms with Gasteiger partial charge in [0, 0.05) is 10.5 Å². The number of hydrogen-bond acceptors (Lipinski definition) is 5. The van der Waals surface area contributed by atoms with E-state index in [0.29, 0.717) is 4.47 Å². The molecule has 0 amide bonds. The number of sulfonamides is 1. The Bertz CT molecular complexity index is 807. The first kappa shape index (κ1) is 15.3. The molecule has 0 spiro atoms. The monoisotopic (exact) mass is 372 g/mol. The predicted molar refractivity (Wildman–Crippen MR) is 79.7 cm³/mol. The quantitative estimate of drug-likeness (QED) is 0.487. The number of anilines is 1. The van der Waals surface area contributed by atoms with Gasteiger partial charge in [0.15, 0.2) is 5.69 Å². The summed E-state index contributed by atoms with van der Waals surface area (Å²) in [5.74, 6) is -0.528. The molecule has 7 nitrogen and oxygen atoms in total. The van der Waals surface area contributed by atoms with Gasteiger partial charge in [0.25, 0.3) is 15.7 Å². The summed E-state index contributed by atoms with van der Waals surface area (Å²) in [6.07, 6.45) is 0. The van der Waals surface area contributed by atoms with E-state index < -0.39 is 32.1 Å². The van der Waals surface area contributed by atoms with Crippen LogP contribution in [-0.2, 0) is 10.0 Å². The number of nitro benzene ring substituents is 1. The first-order valence-corrected chi connectivity index (χ1v) is 7.84. The third-order valence-corrected chi connectivity index (χ3v) is 4.94. The van der Waals surface area contributed by atoms with E-state index in [1.807, 2.05) is 4.72 Å². The molecule has 0 radical (unpaired) electrons. The number of rotatable bonds is 4. The molecular formula is C12H9BrN2O5S. The second-order valence-electron chi connectivity index (χ2n) is 3.96. The summed E-state index contributed by atoms with van der Waals surface area (Å²) in [6.45, 7) is 0. The Hall–Kier alpha value is -2.13. The van der Waals surface area contributed by atoms with Crippen LogP contribution in [0, 0.1) is 10.1 Å². The Kier molecular flexibility index (Phi) is 4.14. The third kappa shape index (κ3) is 3.14. The maximum Gasteiger partial charge on any atom is 0.297 e. The van der Waals surface area contributed by atoms with Crippen LogP contribution in [0.2, 0.25) is 0 Å². The number of phenols is 1. The van der Waals surface area contributed by atoms with Crippen LogP contribution in [0.5, 0.6) is 5.75 Å². The number of nitro groups is 1. The highest BCUT2D eigenvalue weighted by molar-refractivity contribution is 9.10. The summed E-state index contributed by atoms with van der Waals surface area (Å²) in [5, 5.41) is 20.6. The first-order valence-electron chi connectivity index (χ1n) is 5.56. The van der Waals surface area contributed by atoms with Crippen molar-refractivity contribution in [3.8, 4) is 5.75 Å². The summed E-state index contributed by atoms with van der Waals surface area (Å²) in [7, 11) is -4.08. The minimum atomic E-state index is -4.08. The zero-order valence-corrected chi connectivity index (χ0v) is 12.8. The fraction of sp³-hybridized carbons (Fsp3) is 0. The van der Waals surface area contributed by atoms with Crippen LogP contribution in [0.4, 0.5) is 11.4 Å². The highest BCUT2D eigenvalue weighted by atomic mass is 79.9. The van der Waals surface area contributed by atoms with Gasteiger partial charge < -0.3 is 5.11 Å². The molecule has 0 unspecified atom stereocenters. The van der Waals surface area contributed by atoms with E-state index in [-0.39, 0.29) is 4.90 Å². The van der Waals surface area contributed by atoms with E-state index in [1.165, 1.54) is 24.3 Å². The largest absolute Gasteiger partial charge is 0.505 e. The van der Waals surface area contributed by atoms with Gasteiger partial charge in [0.1, 0.15) is 10.6 Å². The normalized spacial score (nSPS) is 11.1. The van der Waals surface area contributed by atoms with E-state index in [0.717, 1.165) is 12.1 Å². The standard InChI is InChI=1S/C12H9BrN2O5S/c13-8-4-1-2-7-11(8)21(19,20)14-12-9(15(17)18)5-3-6-10(12)16/h1-7,14,16H. The fourth-order valence-electron chi connectivity index (χ4n) is 1.64. The molecule has 0 fully saturated rings. The Balaban J connectivity index is 2.52. The van der Waals surface area contributed by atoms with Gasteiger partial charge >= 0.3 is 0 Å². The van der Waals surface area contributed by atoms with Crippen molar-refractivity contribution in [2.24, 2.45) is 0 Å². The van der Waals surface area contributed by atoms with Gasteiger partial charge in [-0.3, -0.25) is 14.8 Å². The van der Waals surface area contributed by atoms with Crippen molar-refractivity contribution in [1.29, 1.82) is 0 Å². The SMILES string of the molecule is O=[N+]([O-])c1cccc(O)c1NS(=O)(=O)c1ccccc1Br. The topological polar surface area (TPSA) is 110 Å². The van der Waals surface area contributed by atoms with Crippen LogP contribution in [-0.4, -0.2) is 18.4 Å². The summed E-state index contributed by atoms with van der Waals surface area (Å²) in [5.41, 5.74) is -1.01. The predicted octanol–water partition coefficient (Wildman–Crippen LogP) is 2.86. The maximum absolute atomic E-state index is 12.3. The molecule has 0 bridgehead atoms. The average molecular weight is 373 g/mol. The Labute approximate surface area is 128 Å². The van der Waals surface area contributed by atoms with Crippen molar-refractivity contribution < 1.29 is 18.4 Å². The first-order chi connectivity index (χ1) is 9.83. The lowest BCUT2D eigenvalue weighted by molar-refractivity contribution is -0.383. The molecule has 9 heteroatoms. The Morgan fingerprint density at radius 1 is 1.14 bits per heavy atom. The molecule has 0 aliphatic heterocycles. The van der Waals surface area contributed by atoms with E-state index in [9.17, 15) is 23.6 Å². The third-order valence-electron chi connectivity index (χ3n) is 2.58. The van der Waals surface area contributed by atoms with E-state index in [4.69, 9.17) is 0 Å². The highest BCUT2D eigenvalue weighted by Gasteiger charge is 2.24. The van der Waals surface area contributed by atoms with Crippen molar-refractivity contribution in [3.05, 3.63) is 57.1 Å². The molecule has 21 heavy (non-hydrogen) atoms. The second-order valence-corrected chi connectivity index (χ2v) is 6.47. The van der Waals surface area contributed by atoms with Crippen molar-refractivity contribution >= 4 is 37.3 Å². The smallest absolute Gasteiger partial charge is 0.297 e. The van der Waals surface area contributed by atoms with Gasteiger partial charge in [-0.1, -0.05) is 18.2 Å². The molecule has 0 atom stereocenters. The van der Waals surface area contributed by atoms with Gasteiger partial charge in [-0.05, 0) is 34.1 Å². The number of phenolic OH excluding ortho intramolecular Hbond substituents is 1. The highest BCUT2D eigenvalue weighted by Crippen LogP contribution is 2.35. The number of hydrogen-bond donors (Lipinski definition) is 2. The molecule has 2 aromatic carbocycles. The number of halogens is 1. The maximum atomic E-state index is 12.3. The minimum Gasteiger partial charge on any atom is -0.505 e. The Morgan fingerprint density at radius 3 is 2.43 bits per heavy atom. The minimum absolute atomic E-state index is 0.0949. The van der Waals surface area contributed by atoms with Crippen LogP contribution in [0.1, 0.15) is 0 Å². The van der Waals surface area contributed by atoms with Gasteiger partial charge in [-0.2, -0.15) is 0 Å². The van der Waals surface area contributed by atoms with Crippen LogP contribution < -0.4 is 4.72 Å². The van der Waals surface area contributed by atoms with Crippen LogP contribution in [0.25, 0.3) is 0 Å². The molecule has 0 heterocycles. The lowest BCUT2D eigenvalue weighted by atomic mass is 10.2. The van der Waals surface area contributed by atoms with Gasteiger partial charge in [0.2, 0.25) is 0 Å². The lowest BCUT2D eigenvalue weighted by Gasteiger charge is -2.11. The number of benzene rings is 2. The Morgan fingerprint density at radius 2 is 1.81 bits per heavy atom. The average Bonchev–Trinajstić information content (AvgIpc) is 2.41. The summed E-state index contributed by atoms with van der Waals surface area (Å²) in [4.78, 5) is 10.0. The molecule has 0 saturated heterocycles. The molecular weight excluding hydrogens is 364 g/mol. The molecule has 0 saturated carbocycles. The number of nitrogens with one attached hydrogen (secondary N) is 1. The zero-order valence-electron chi connectivity index (χ0n) is 10.4. The molecule has 0 aliphatic rings. The molecule has 2 aromatic rings. The van der Waals surface area contributed by atoms with Crippen molar-refractivity contribution in [3.63, 3.8) is 0 Å². The summed E-state index contributed by atoms with van der Waals surface area (Å²) in [6, 6.07) is 9.50. The van der Waals surface area contributed by atoms with Crippen molar-refractivity contribution in [1.82, 2.24) is 0 Å². The second kappa shape index (κ2) is 5.70. The number of nitrogens with zero attached hydrogens (tertiary/aromatic N) is 1. The van der Waals surface area contributed by atoms with Crippen LogP contribution >= 0.6 is 15.9 Å². The van der Waals surface area contributed by atoms with Crippen LogP contribution in [0.15, 0.2) is 51.8 Å². The van der Waals surface area contributed by atoms with E-state index in [2.05, 4.69) is 15.9 Å². The summed E-state index contributed by atoms with van der Waals surface area (Å²) >= 11 is 3.10. The number of aromatic hydroxyl groups is 1. The van der Waals surface area contributed by atoms with Gasteiger partial charge in [-0.25, -0.2) is 8.42 Å².